The lowest BCUT2D eigenvalue weighted by Crippen LogP contribution is -2.34. The lowest BCUT2D eigenvalue weighted by atomic mass is 10.0. The summed E-state index contributed by atoms with van der Waals surface area (Å²) in [5.74, 6) is 4.23. The number of amides is 1. The Hall–Kier alpha value is -1.97. The Kier molecular flexibility index (Phi) is 5.12. The zero-order valence-electron chi connectivity index (χ0n) is 14.8. The fraction of sp³-hybridized carbons (Fsp3) is 0.550. The van der Waals surface area contributed by atoms with E-state index >= 15 is 0 Å². The molecule has 2 atom stereocenters. The first kappa shape index (κ1) is 16.9. The molecular weight excluding hydrogens is 302 g/mol. The summed E-state index contributed by atoms with van der Waals surface area (Å²) < 4.78 is 11.4. The van der Waals surface area contributed by atoms with E-state index < -0.39 is 0 Å². The quantitative estimate of drug-likeness (QED) is 0.687. The molecule has 1 aliphatic carbocycles. The summed E-state index contributed by atoms with van der Waals surface area (Å²) in [7, 11) is 0. The monoisotopic (exact) mass is 329 g/mol. The molecule has 4 heteroatoms. The van der Waals surface area contributed by atoms with Crippen LogP contribution in [0.25, 0.3) is 0 Å². The summed E-state index contributed by atoms with van der Waals surface area (Å²) in [6.45, 7) is 7.36. The molecule has 0 aliphatic heterocycles. The first-order valence-electron chi connectivity index (χ1n) is 9.02. The molecule has 0 spiro atoms. The van der Waals surface area contributed by atoms with Gasteiger partial charge in [-0.3, -0.25) is 4.79 Å². The van der Waals surface area contributed by atoms with Crippen LogP contribution in [0.1, 0.15) is 63.2 Å². The van der Waals surface area contributed by atoms with Crippen LogP contribution in [0, 0.1) is 11.8 Å². The molecule has 1 amide bonds. The standard InChI is InChI=1S/C20H27NO3/c1-4-15(5-2)20(22)21(12-16-7-6-10-23-16)13-17-8-9-19(24-17)18-11-14(18)3/h6-10,14-15,18H,4-5,11-13H2,1-3H3. The first-order chi connectivity index (χ1) is 11.6. The molecule has 2 heterocycles. The third-order valence-corrected chi connectivity index (χ3v) is 5.08. The van der Waals surface area contributed by atoms with E-state index in [1.807, 2.05) is 23.1 Å². The van der Waals surface area contributed by atoms with Gasteiger partial charge in [0, 0.05) is 11.8 Å². The second kappa shape index (κ2) is 7.29. The van der Waals surface area contributed by atoms with E-state index in [4.69, 9.17) is 8.83 Å². The van der Waals surface area contributed by atoms with Gasteiger partial charge in [-0.05, 0) is 49.4 Å². The van der Waals surface area contributed by atoms with Crippen molar-refractivity contribution in [2.24, 2.45) is 11.8 Å². The molecule has 2 aromatic heterocycles. The third kappa shape index (κ3) is 3.74. The van der Waals surface area contributed by atoms with Crippen LogP contribution in [0.3, 0.4) is 0 Å². The molecule has 130 valence electrons. The van der Waals surface area contributed by atoms with Gasteiger partial charge in [-0.15, -0.1) is 0 Å². The molecule has 0 bridgehead atoms. The average molecular weight is 329 g/mol. The second-order valence-electron chi connectivity index (χ2n) is 6.91. The van der Waals surface area contributed by atoms with Gasteiger partial charge in [0.15, 0.2) is 0 Å². The van der Waals surface area contributed by atoms with Crippen molar-refractivity contribution in [2.75, 3.05) is 0 Å². The normalized spacial score (nSPS) is 19.7. The molecule has 0 aromatic carbocycles. The summed E-state index contributed by atoms with van der Waals surface area (Å²) in [6, 6.07) is 7.84. The largest absolute Gasteiger partial charge is 0.467 e. The highest BCUT2D eigenvalue weighted by atomic mass is 16.3. The van der Waals surface area contributed by atoms with Crippen molar-refractivity contribution < 1.29 is 13.6 Å². The summed E-state index contributed by atoms with van der Waals surface area (Å²) in [5, 5.41) is 0. The molecule has 4 nitrogen and oxygen atoms in total. The van der Waals surface area contributed by atoms with Gasteiger partial charge in [0.05, 0.1) is 19.4 Å². The van der Waals surface area contributed by atoms with Crippen LogP contribution < -0.4 is 0 Å². The summed E-state index contributed by atoms with van der Waals surface area (Å²) in [4.78, 5) is 14.7. The van der Waals surface area contributed by atoms with Crippen molar-refractivity contribution in [3.05, 3.63) is 47.8 Å². The summed E-state index contributed by atoms with van der Waals surface area (Å²) >= 11 is 0. The molecule has 2 aromatic rings. The molecule has 24 heavy (non-hydrogen) atoms. The minimum Gasteiger partial charge on any atom is -0.467 e. The molecule has 2 unspecified atom stereocenters. The van der Waals surface area contributed by atoms with Crippen molar-refractivity contribution in [2.45, 2.75) is 59.0 Å². The maximum Gasteiger partial charge on any atom is 0.226 e. The minimum atomic E-state index is 0.0536. The minimum absolute atomic E-state index is 0.0536. The predicted octanol–water partition coefficient (Wildman–Crippen LogP) is 4.96. The molecule has 1 aliphatic rings. The van der Waals surface area contributed by atoms with Gasteiger partial charge in [-0.2, -0.15) is 0 Å². The number of nitrogens with zero attached hydrogens (tertiary/aromatic N) is 1. The molecule has 3 rings (SSSR count). The number of carbonyl (C=O) groups excluding carboxylic acids is 1. The van der Waals surface area contributed by atoms with Gasteiger partial charge in [-0.1, -0.05) is 20.8 Å². The van der Waals surface area contributed by atoms with Crippen molar-refractivity contribution in [1.29, 1.82) is 0 Å². The Morgan fingerprint density at radius 2 is 1.92 bits per heavy atom. The molecule has 0 N–H and O–H groups in total. The van der Waals surface area contributed by atoms with E-state index in [1.54, 1.807) is 6.26 Å². The van der Waals surface area contributed by atoms with Crippen LogP contribution in [0.5, 0.6) is 0 Å². The Morgan fingerprint density at radius 1 is 1.21 bits per heavy atom. The van der Waals surface area contributed by atoms with Gasteiger partial charge >= 0.3 is 0 Å². The average Bonchev–Trinajstić information content (AvgIpc) is 2.99. The highest BCUT2D eigenvalue weighted by Crippen LogP contribution is 2.47. The lowest BCUT2D eigenvalue weighted by molar-refractivity contribution is -0.137. The van der Waals surface area contributed by atoms with Gasteiger partial charge in [0.2, 0.25) is 5.91 Å². The van der Waals surface area contributed by atoms with Gasteiger partial charge < -0.3 is 13.7 Å². The Balaban J connectivity index is 1.73. The highest BCUT2D eigenvalue weighted by Gasteiger charge is 2.36. The topological polar surface area (TPSA) is 46.6 Å². The lowest BCUT2D eigenvalue weighted by Gasteiger charge is -2.25. The Morgan fingerprint density at radius 3 is 2.50 bits per heavy atom. The van der Waals surface area contributed by atoms with E-state index in [-0.39, 0.29) is 11.8 Å². The van der Waals surface area contributed by atoms with E-state index in [0.29, 0.717) is 19.0 Å². The van der Waals surface area contributed by atoms with E-state index in [0.717, 1.165) is 36.0 Å². The highest BCUT2D eigenvalue weighted by molar-refractivity contribution is 5.78. The maximum atomic E-state index is 12.9. The number of carbonyl (C=O) groups is 1. The van der Waals surface area contributed by atoms with Gasteiger partial charge in [0.1, 0.15) is 17.3 Å². The molecular formula is C20H27NO3. The van der Waals surface area contributed by atoms with Gasteiger partial charge in [-0.25, -0.2) is 0 Å². The van der Waals surface area contributed by atoms with E-state index in [2.05, 4.69) is 26.8 Å². The Bertz CT molecular complexity index is 654. The maximum absolute atomic E-state index is 12.9. The fourth-order valence-corrected chi connectivity index (χ4v) is 3.28. The van der Waals surface area contributed by atoms with Crippen molar-refractivity contribution in [1.82, 2.24) is 4.90 Å². The number of hydrogen-bond acceptors (Lipinski definition) is 3. The fourth-order valence-electron chi connectivity index (χ4n) is 3.28. The third-order valence-electron chi connectivity index (χ3n) is 5.08. The molecule has 0 saturated heterocycles. The SMILES string of the molecule is CCC(CC)C(=O)N(Cc1ccco1)Cc1ccc(C2CC2C)o1. The van der Waals surface area contributed by atoms with Crippen molar-refractivity contribution >= 4 is 5.91 Å². The van der Waals surface area contributed by atoms with Crippen LogP contribution in [0.15, 0.2) is 39.4 Å². The van der Waals surface area contributed by atoms with Gasteiger partial charge in [0.25, 0.3) is 0 Å². The number of rotatable bonds is 8. The zero-order valence-corrected chi connectivity index (χ0v) is 14.8. The Labute approximate surface area is 143 Å². The number of furan rings is 2. The molecule has 1 saturated carbocycles. The van der Waals surface area contributed by atoms with Crippen LogP contribution in [-0.4, -0.2) is 10.8 Å². The molecule has 0 radical (unpaired) electrons. The van der Waals surface area contributed by atoms with E-state index in [1.165, 1.54) is 6.42 Å². The predicted molar refractivity (Wildman–Crippen MR) is 92.3 cm³/mol. The zero-order chi connectivity index (χ0) is 17.1. The molecule has 1 fully saturated rings. The van der Waals surface area contributed by atoms with Crippen molar-refractivity contribution in [3.63, 3.8) is 0 Å². The van der Waals surface area contributed by atoms with Crippen LogP contribution in [-0.2, 0) is 17.9 Å². The smallest absolute Gasteiger partial charge is 0.226 e. The van der Waals surface area contributed by atoms with Crippen molar-refractivity contribution in [3.8, 4) is 0 Å². The van der Waals surface area contributed by atoms with Crippen LogP contribution in [0.4, 0.5) is 0 Å². The first-order valence-corrected chi connectivity index (χ1v) is 9.02. The van der Waals surface area contributed by atoms with E-state index in [9.17, 15) is 4.79 Å². The van der Waals surface area contributed by atoms with Crippen LogP contribution in [0.2, 0.25) is 0 Å². The second-order valence-corrected chi connectivity index (χ2v) is 6.91. The number of hydrogen-bond donors (Lipinski definition) is 0. The summed E-state index contributed by atoms with van der Waals surface area (Å²) in [6.07, 6.45) is 4.56. The van der Waals surface area contributed by atoms with Crippen LogP contribution >= 0.6 is 0 Å². The summed E-state index contributed by atoms with van der Waals surface area (Å²) in [5.41, 5.74) is 0.